The maximum Gasteiger partial charge on any atom is 0.204 e. The lowest BCUT2D eigenvalue weighted by Crippen LogP contribution is -2.06. The van der Waals surface area contributed by atoms with Gasteiger partial charge in [-0.2, -0.15) is 5.26 Å². The number of hydrogen-bond acceptors (Lipinski definition) is 4. The number of nitriles is 1. The fraction of sp³-hybridized carbons (Fsp3) is 0.103. The van der Waals surface area contributed by atoms with E-state index in [1.807, 2.05) is 66.7 Å². The topological polar surface area (TPSA) is 107 Å². The molecule has 0 aromatic heterocycles. The summed E-state index contributed by atoms with van der Waals surface area (Å²) in [4.78, 5) is 8.58. The quantitative estimate of drug-likeness (QED) is 0.363. The van der Waals surface area contributed by atoms with Crippen LogP contribution in [0.5, 0.6) is 5.75 Å². The Bertz CT molecular complexity index is 1260. The third-order valence-electron chi connectivity index (χ3n) is 5.64. The van der Waals surface area contributed by atoms with Gasteiger partial charge in [-0.3, -0.25) is 4.79 Å². The zero-order valence-corrected chi connectivity index (χ0v) is 18.6. The molecule has 0 saturated carbocycles. The molecule has 0 aliphatic heterocycles. The first-order valence-corrected chi connectivity index (χ1v) is 10.8. The van der Waals surface area contributed by atoms with Gasteiger partial charge in [0, 0.05) is 5.92 Å². The van der Waals surface area contributed by atoms with Crippen LogP contribution in [0.25, 0.3) is 11.1 Å². The van der Waals surface area contributed by atoms with Crippen molar-refractivity contribution < 1.29 is 15.0 Å². The number of aromatic hydroxyl groups is 1. The van der Waals surface area contributed by atoms with Crippen molar-refractivity contribution in [2.45, 2.75) is 18.9 Å². The molecule has 0 fully saturated rings. The Morgan fingerprint density at radius 1 is 0.882 bits per heavy atom. The minimum atomic E-state index is 0.00816. The monoisotopic (exact) mass is 450 g/mol. The smallest absolute Gasteiger partial charge is 0.204 e. The van der Waals surface area contributed by atoms with E-state index in [2.05, 4.69) is 30.0 Å². The standard InChI is InChI=1S/C28H23NO2.CH3NO/c29-18-25-15-14-24(17-28(25)31)27(21-6-2-1-3-7-21)16-23-8-4-5-9-26(23)22-12-10-20(19-30)11-13-22;2-1-3/h1-15,17,27,30-31H,16,19H2;1H,(H2,2,3). The van der Waals surface area contributed by atoms with E-state index in [9.17, 15) is 15.5 Å². The SMILES string of the molecule is N#Cc1ccc(C(Cc2ccccc2-c2ccc(CO)cc2)c2ccccc2)cc1O.NC=O. The van der Waals surface area contributed by atoms with Gasteiger partial charge in [-0.1, -0.05) is 84.9 Å². The van der Waals surface area contributed by atoms with Gasteiger partial charge in [-0.25, -0.2) is 0 Å². The maximum absolute atomic E-state index is 10.3. The molecule has 1 amide bonds. The fourth-order valence-electron chi connectivity index (χ4n) is 3.96. The van der Waals surface area contributed by atoms with Gasteiger partial charge in [-0.15, -0.1) is 0 Å². The second-order valence-electron chi connectivity index (χ2n) is 7.70. The van der Waals surface area contributed by atoms with Crippen LogP contribution in [0.1, 0.15) is 33.7 Å². The van der Waals surface area contributed by atoms with Crippen molar-refractivity contribution in [1.82, 2.24) is 0 Å². The van der Waals surface area contributed by atoms with Crippen LogP contribution in [0.2, 0.25) is 0 Å². The molecule has 0 heterocycles. The van der Waals surface area contributed by atoms with Crippen LogP contribution in [0.3, 0.4) is 0 Å². The van der Waals surface area contributed by atoms with Gasteiger partial charge in [0.15, 0.2) is 0 Å². The largest absolute Gasteiger partial charge is 0.507 e. The first kappa shape index (κ1) is 24.2. The van der Waals surface area contributed by atoms with Crippen LogP contribution in [0, 0.1) is 11.3 Å². The summed E-state index contributed by atoms with van der Waals surface area (Å²) in [5.41, 5.74) is 10.9. The summed E-state index contributed by atoms with van der Waals surface area (Å²) in [5, 5.41) is 28.8. The molecule has 5 nitrogen and oxygen atoms in total. The molecule has 1 atom stereocenters. The molecule has 4 aromatic rings. The lowest BCUT2D eigenvalue weighted by Gasteiger charge is -2.21. The molecule has 0 saturated heterocycles. The van der Waals surface area contributed by atoms with Crippen LogP contribution >= 0.6 is 0 Å². The number of phenolic OH excluding ortho intramolecular Hbond substituents is 1. The third kappa shape index (κ3) is 5.89. The second-order valence-corrected chi connectivity index (χ2v) is 7.70. The van der Waals surface area contributed by atoms with E-state index in [0.717, 1.165) is 34.2 Å². The number of nitrogens with two attached hydrogens (primary N) is 1. The molecule has 170 valence electrons. The van der Waals surface area contributed by atoms with Crippen molar-refractivity contribution in [3.8, 4) is 22.9 Å². The highest BCUT2D eigenvalue weighted by atomic mass is 16.3. The number of primary amides is 1. The summed E-state index contributed by atoms with van der Waals surface area (Å²) in [6.45, 7) is 0.0280. The Labute approximate surface area is 199 Å². The Hall–Kier alpha value is -4.40. The van der Waals surface area contributed by atoms with Crippen LogP contribution in [0.4, 0.5) is 0 Å². The molecule has 0 aliphatic carbocycles. The maximum atomic E-state index is 10.3. The minimum absolute atomic E-state index is 0.00816. The van der Waals surface area contributed by atoms with Gasteiger partial charge < -0.3 is 15.9 Å². The van der Waals surface area contributed by atoms with E-state index in [4.69, 9.17) is 4.79 Å². The predicted octanol–water partition coefficient (Wildman–Crippen LogP) is 4.90. The van der Waals surface area contributed by atoms with E-state index in [-0.39, 0.29) is 30.2 Å². The number of rotatable bonds is 6. The number of nitrogens with zero attached hydrogens (tertiary/aromatic N) is 1. The van der Waals surface area contributed by atoms with Crippen molar-refractivity contribution in [1.29, 1.82) is 5.26 Å². The van der Waals surface area contributed by atoms with Gasteiger partial charge in [0.25, 0.3) is 0 Å². The highest BCUT2D eigenvalue weighted by Gasteiger charge is 2.18. The predicted molar refractivity (Wildman–Crippen MR) is 133 cm³/mol. The van der Waals surface area contributed by atoms with Gasteiger partial charge in [0.05, 0.1) is 12.2 Å². The molecule has 1 unspecified atom stereocenters. The Balaban J connectivity index is 0.00000103. The number of hydrogen-bond donors (Lipinski definition) is 3. The molecular formula is C29H26N2O3. The molecule has 4 aromatic carbocycles. The minimum Gasteiger partial charge on any atom is -0.507 e. The number of carbonyl (C=O) groups is 1. The summed E-state index contributed by atoms with van der Waals surface area (Å²) >= 11 is 0. The zero-order valence-electron chi connectivity index (χ0n) is 18.6. The van der Waals surface area contributed by atoms with Crippen molar-refractivity contribution in [2.75, 3.05) is 0 Å². The van der Waals surface area contributed by atoms with Crippen LogP contribution < -0.4 is 5.73 Å². The average Bonchev–Trinajstić information content (AvgIpc) is 2.88. The molecule has 4 rings (SSSR count). The highest BCUT2D eigenvalue weighted by molar-refractivity contribution is 5.68. The molecular weight excluding hydrogens is 424 g/mol. The fourth-order valence-corrected chi connectivity index (χ4v) is 3.96. The Morgan fingerprint density at radius 3 is 2.15 bits per heavy atom. The summed E-state index contributed by atoms with van der Waals surface area (Å²) in [6.07, 6.45) is 0.993. The number of aliphatic hydroxyl groups excluding tert-OH is 1. The van der Waals surface area contributed by atoms with Crippen molar-refractivity contribution in [3.05, 3.63) is 125 Å². The molecule has 0 aliphatic rings. The molecule has 0 bridgehead atoms. The molecule has 0 spiro atoms. The van der Waals surface area contributed by atoms with Gasteiger partial charge >= 0.3 is 0 Å². The first-order valence-electron chi connectivity index (χ1n) is 10.8. The number of phenols is 1. The summed E-state index contributed by atoms with van der Waals surface area (Å²) in [6, 6.07) is 33.8. The molecule has 34 heavy (non-hydrogen) atoms. The Morgan fingerprint density at radius 2 is 1.53 bits per heavy atom. The number of benzene rings is 4. The summed E-state index contributed by atoms with van der Waals surface area (Å²) in [5.74, 6) is 0.0338. The average molecular weight is 451 g/mol. The number of amides is 1. The summed E-state index contributed by atoms with van der Waals surface area (Å²) in [7, 11) is 0. The van der Waals surface area contributed by atoms with E-state index >= 15 is 0 Å². The van der Waals surface area contributed by atoms with Crippen LogP contribution in [-0.4, -0.2) is 16.6 Å². The molecule has 5 heteroatoms. The second kappa shape index (κ2) is 12.0. The van der Waals surface area contributed by atoms with Gasteiger partial charge in [0.1, 0.15) is 11.8 Å². The first-order chi connectivity index (χ1) is 16.6. The zero-order chi connectivity index (χ0) is 24.3. The van der Waals surface area contributed by atoms with Crippen LogP contribution in [-0.2, 0) is 17.8 Å². The van der Waals surface area contributed by atoms with Crippen molar-refractivity contribution >= 4 is 6.41 Å². The van der Waals surface area contributed by atoms with Gasteiger partial charge in [0.2, 0.25) is 6.41 Å². The highest BCUT2D eigenvalue weighted by Crippen LogP contribution is 2.34. The van der Waals surface area contributed by atoms with E-state index in [1.54, 1.807) is 12.1 Å². The molecule has 0 radical (unpaired) electrons. The van der Waals surface area contributed by atoms with E-state index in [0.29, 0.717) is 0 Å². The van der Waals surface area contributed by atoms with E-state index in [1.165, 1.54) is 5.56 Å². The Kier molecular flexibility index (Phi) is 8.56. The summed E-state index contributed by atoms with van der Waals surface area (Å²) < 4.78 is 0. The normalized spacial score (nSPS) is 10.9. The lowest BCUT2D eigenvalue weighted by molar-refractivity contribution is -0.106. The molecule has 4 N–H and O–H groups in total. The van der Waals surface area contributed by atoms with Gasteiger partial charge in [-0.05, 0) is 51.9 Å². The van der Waals surface area contributed by atoms with Crippen LogP contribution in [0.15, 0.2) is 97.1 Å². The lowest BCUT2D eigenvalue weighted by atomic mass is 9.83. The third-order valence-corrected chi connectivity index (χ3v) is 5.64. The van der Waals surface area contributed by atoms with E-state index < -0.39 is 0 Å². The van der Waals surface area contributed by atoms with Crippen molar-refractivity contribution in [3.63, 3.8) is 0 Å². The number of aliphatic hydroxyl groups is 1. The number of carbonyl (C=O) groups excluding carboxylic acids is 1. The van der Waals surface area contributed by atoms with Crippen molar-refractivity contribution in [2.24, 2.45) is 5.73 Å².